The van der Waals surface area contributed by atoms with E-state index >= 15 is 0 Å². The summed E-state index contributed by atoms with van der Waals surface area (Å²) in [5, 5.41) is 108. The zero-order valence-electron chi connectivity index (χ0n) is 37.8. The van der Waals surface area contributed by atoms with Crippen LogP contribution >= 0.6 is 0 Å². The molecule has 4 unspecified atom stereocenters. The van der Waals surface area contributed by atoms with E-state index in [-0.39, 0.29) is 65.3 Å². The van der Waals surface area contributed by atoms with Crippen LogP contribution < -0.4 is 4.74 Å². The van der Waals surface area contributed by atoms with Gasteiger partial charge in [0.2, 0.25) is 6.29 Å². The third-order valence-electron chi connectivity index (χ3n) is 13.5. The smallest absolute Gasteiger partial charge is 0.202 e. The number of Topliss-reactive ketones (excluding diaryl/α,β-unsaturated/α-hetero) is 2. The highest BCUT2D eigenvalue weighted by atomic mass is 16.7. The molecule has 1 aliphatic carbocycles. The highest BCUT2D eigenvalue weighted by molar-refractivity contribution is 6.11. The van der Waals surface area contributed by atoms with Gasteiger partial charge in [-0.1, -0.05) is 0 Å². The fraction of sp³-hybridized carbons (Fsp3) is 0.733. The van der Waals surface area contributed by atoms with Crippen molar-refractivity contribution in [1.29, 1.82) is 0 Å². The molecular weight excluding hydrogens is 876 g/mol. The fourth-order valence-corrected chi connectivity index (χ4v) is 9.62. The Kier molecular flexibility index (Phi) is 15.7. The first kappa shape index (κ1) is 50.7. The van der Waals surface area contributed by atoms with Crippen molar-refractivity contribution in [3.8, 4) is 17.2 Å². The highest BCUT2D eigenvalue weighted by Crippen LogP contribution is 2.47. The van der Waals surface area contributed by atoms with Gasteiger partial charge in [-0.25, -0.2) is 0 Å². The Bertz CT molecular complexity index is 2030. The third kappa shape index (κ3) is 10.1. The minimum atomic E-state index is -1.92. The number of ketones is 2. The molecule has 7 rings (SSSR count). The number of aliphatic hydroxyl groups excluding tert-OH is 8. The number of rotatable bonds is 13. The topological polar surface area (TPSA) is 320 Å². The van der Waals surface area contributed by atoms with Crippen molar-refractivity contribution in [2.75, 3.05) is 7.11 Å². The molecule has 4 aliphatic heterocycles. The summed E-state index contributed by atoms with van der Waals surface area (Å²) < 4.78 is 53.7. The lowest BCUT2D eigenvalue weighted by Gasteiger charge is -2.43. The lowest BCUT2D eigenvalue weighted by Crippen LogP contribution is -2.56. The quantitative estimate of drug-likeness (QED) is 0.121. The molecule has 5 aliphatic rings. The Hall–Kier alpha value is -3.20. The van der Waals surface area contributed by atoms with Gasteiger partial charge in [0.05, 0.1) is 65.9 Å². The molecule has 2 aromatic rings. The van der Waals surface area contributed by atoms with Gasteiger partial charge in [0.1, 0.15) is 60.0 Å². The molecule has 0 saturated carbocycles. The number of phenolic OH excluding ortho intramolecular Hbond substituents is 2. The highest BCUT2D eigenvalue weighted by Gasteiger charge is 2.50. The van der Waals surface area contributed by atoms with Gasteiger partial charge >= 0.3 is 0 Å². The lowest BCUT2D eigenvalue weighted by atomic mass is 9.75. The van der Waals surface area contributed by atoms with Crippen molar-refractivity contribution in [3.05, 3.63) is 28.8 Å². The molecule has 2 aromatic carbocycles. The molecule has 21 atom stereocenters. The van der Waals surface area contributed by atoms with Crippen LogP contribution in [-0.2, 0) is 49.1 Å². The van der Waals surface area contributed by atoms with E-state index in [2.05, 4.69) is 0 Å². The maximum absolute atomic E-state index is 14.8. The Balaban J connectivity index is 1.18. The second kappa shape index (κ2) is 20.4. The molecule has 0 aromatic heterocycles. The molecule has 370 valence electrons. The van der Waals surface area contributed by atoms with Crippen LogP contribution in [0.5, 0.6) is 17.2 Å². The molecule has 66 heavy (non-hydrogen) atoms. The SMILES string of the molecule is CO[C@H](C(=O)[C@@H](O)[C@@H](C)O)[C@@H]1Cc2cc3cc(O[C@H]4C[C@@H](O[C@H]5C[C@@H](O)[C@H](O)C(C)O5)[C@H](O)C(C)O4)c(C)c(O)c3c(O)c2C(=O)[C@H]1O[C@H]1C[C@@H](O[C@H]2C[C@@H](O)[C@@H](O)C(C)O2)[C@H](O)C(C)O1. The van der Waals surface area contributed by atoms with E-state index in [9.17, 15) is 60.7 Å². The Morgan fingerprint density at radius 3 is 1.68 bits per heavy atom. The van der Waals surface area contributed by atoms with Crippen LogP contribution in [-0.4, -0.2) is 193 Å². The standard InChI is InChI=1S/C45H64O21/c1-15-26(63-31-13-27(39(53)19(5)61-31)64-29-11-24(47)37(51)17(3)59-29)10-22-8-21-9-23(44(58-7)43(57)36(50)16(2)46)45(42(56)34(21)41(55)33(22)35(15)49)66-32-14-28(40(54)20(6)62-32)65-30-12-25(48)38(52)18(4)60-30/h8,10,16-20,23-25,27-32,36-40,44-55H,9,11-14H2,1-7H3/t16-,17?,18?,19?,20?,23+,24-,25-,27-,28-,29+,30+,31+,32+,36+,37-,38+,39-,40-,44+,45+/m1/s1. The molecule has 4 saturated heterocycles. The van der Waals surface area contributed by atoms with Crippen molar-refractivity contribution >= 4 is 22.3 Å². The number of aromatic hydroxyl groups is 2. The summed E-state index contributed by atoms with van der Waals surface area (Å²) >= 11 is 0. The van der Waals surface area contributed by atoms with E-state index in [1.807, 2.05) is 0 Å². The Labute approximate surface area is 380 Å². The number of benzene rings is 2. The summed E-state index contributed by atoms with van der Waals surface area (Å²) in [6.45, 7) is 9.02. The molecule has 0 amide bonds. The number of carbonyl (C=O) groups is 2. The van der Waals surface area contributed by atoms with E-state index in [1.165, 1.54) is 33.1 Å². The van der Waals surface area contributed by atoms with Crippen LogP contribution in [0.25, 0.3) is 10.8 Å². The van der Waals surface area contributed by atoms with Crippen LogP contribution in [0.3, 0.4) is 0 Å². The summed E-state index contributed by atoms with van der Waals surface area (Å²) in [7, 11) is 1.19. The minimum Gasteiger partial charge on any atom is -0.507 e. The summed E-state index contributed by atoms with van der Waals surface area (Å²) in [6.07, 6.45) is -23.5. The van der Waals surface area contributed by atoms with E-state index in [1.54, 1.807) is 27.7 Å². The monoisotopic (exact) mass is 940 g/mol. The zero-order chi connectivity index (χ0) is 48.2. The molecule has 21 nitrogen and oxygen atoms in total. The minimum absolute atomic E-state index is 0.0233. The van der Waals surface area contributed by atoms with Crippen molar-refractivity contribution in [1.82, 2.24) is 0 Å². The number of hydrogen-bond donors (Lipinski definition) is 10. The van der Waals surface area contributed by atoms with Gasteiger partial charge in [-0.05, 0) is 71.0 Å². The molecule has 0 radical (unpaired) electrons. The van der Waals surface area contributed by atoms with E-state index in [0.717, 1.165) is 0 Å². The first-order chi connectivity index (χ1) is 31.1. The molecule has 4 heterocycles. The predicted octanol–water partition coefficient (Wildman–Crippen LogP) is -0.520. The van der Waals surface area contributed by atoms with Gasteiger partial charge in [-0.2, -0.15) is 0 Å². The number of methoxy groups -OCH3 is 1. The van der Waals surface area contributed by atoms with Gasteiger partial charge in [-0.3, -0.25) is 9.59 Å². The van der Waals surface area contributed by atoms with Crippen LogP contribution in [0.2, 0.25) is 0 Å². The first-order valence-corrected chi connectivity index (χ1v) is 22.4. The molecular formula is C45H64O21. The summed E-state index contributed by atoms with van der Waals surface area (Å²) in [6, 6.07) is 3.04. The van der Waals surface area contributed by atoms with Gasteiger partial charge in [0.15, 0.2) is 30.4 Å². The van der Waals surface area contributed by atoms with Crippen LogP contribution in [0.15, 0.2) is 12.1 Å². The summed E-state index contributed by atoms with van der Waals surface area (Å²) in [4.78, 5) is 28.5. The molecule has 10 N–H and O–H groups in total. The number of phenols is 2. The summed E-state index contributed by atoms with van der Waals surface area (Å²) in [5.41, 5.74) is 0.116. The number of aliphatic hydroxyl groups is 8. The largest absolute Gasteiger partial charge is 0.507 e. The van der Waals surface area contributed by atoms with E-state index in [0.29, 0.717) is 0 Å². The summed E-state index contributed by atoms with van der Waals surface area (Å²) in [5.74, 6) is -3.95. The first-order valence-electron chi connectivity index (χ1n) is 22.4. The number of hydrogen-bond acceptors (Lipinski definition) is 21. The number of carbonyl (C=O) groups excluding carboxylic acids is 2. The number of ether oxygens (including phenoxy) is 9. The average Bonchev–Trinajstić information content (AvgIpc) is 3.25. The molecule has 21 heteroatoms. The van der Waals surface area contributed by atoms with Gasteiger partial charge < -0.3 is 93.7 Å². The van der Waals surface area contributed by atoms with Crippen molar-refractivity contribution in [3.63, 3.8) is 0 Å². The second-order valence-electron chi connectivity index (χ2n) is 18.3. The second-order valence-corrected chi connectivity index (χ2v) is 18.3. The van der Waals surface area contributed by atoms with Crippen molar-refractivity contribution in [2.24, 2.45) is 5.92 Å². The van der Waals surface area contributed by atoms with Gasteiger partial charge in [-0.15, -0.1) is 0 Å². The third-order valence-corrected chi connectivity index (χ3v) is 13.5. The van der Waals surface area contributed by atoms with Crippen LogP contribution in [0, 0.1) is 12.8 Å². The zero-order valence-corrected chi connectivity index (χ0v) is 37.8. The average molecular weight is 941 g/mol. The van der Waals surface area contributed by atoms with E-state index in [4.69, 9.17) is 42.6 Å². The van der Waals surface area contributed by atoms with Crippen LogP contribution in [0.4, 0.5) is 0 Å². The Morgan fingerprint density at radius 2 is 1.18 bits per heavy atom. The molecule has 4 fully saturated rings. The normalized spacial score (nSPS) is 40.1. The Morgan fingerprint density at radius 1 is 0.697 bits per heavy atom. The molecule has 0 bridgehead atoms. The van der Waals surface area contributed by atoms with Gasteiger partial charge in [0.25, 0.3) is 0 Å². The lowest BCUT2D eigenvalue weighted by molar-refractivity contribution is -0.311. The maximum atomic E-state index is 14.8. The molecule has 0 spiro atoms. The maximum Gasteiger partial charge on any atom is 0.202 e. The predicted molar refractivity (Wildman–Crippen MR) is 224 cm³/mol. The van der Waals surface area contributed by atoms with E-state index < -0.39 is 152 Å². The number of fused-ring (bicyclic) bond motifs is 2. The van der Waals surface area contributed by atoms with Crippen molar-refractivity contribution < 1.29 is 103 Å². The van der Waals surface area contributed by atoms with Crippen LogP contribution in [0.1, 0.15) is 81.8 Å². The van der Waals surface area contributed by atoms with Crippen molar-refractivity contribution in [2.45, 2.75) is 196 Å². The van der Waals surface area contributed by atoms with Gasteiger partial charge in [0, 0.05) is 44.3 Å². The fourth-order valence-electron chi connectivity index (χ4n) is 9.62.